The van der Waals surface area contributed by atoms with E-state index in [9.17, 15) is 0 Å². The van der Waals surface area contributed by atoms with Crippen LogP contribution in [-0.4, -0.2) is 44.8 Å². The van der Waals surface area contributed by atoms with Gasteiger partial charge in [0.15, 0.2) is 5.96 Å². The molecule has 0 bridgehead atoms. The molecule has 0 aliphatic carbocycles. The zero-order valence-corrected chi connectivity index (χ0v) is 14.8. The molecule has 114 valence electrons. The van der Waals surface area contributed by atoms with E-state index in [1.807, 2.05) is 12.4 Å². The quantitative estimate of drug-likeness (QED) is 0.321. The Labute approximate surface area is 138 Å². The molecule has 0 amide bonds. The summed E-state index contributed by atoms with van der Waals surface area (Å²) >= 11 is 0. The van der Waals surface area contributed by atoms with Crippen LogP contribution < -0.4 is 10.6 Å². The lowest BCUT2D eigenvalue weighted by Crippen LogP contribution is -2.39. The Morgan fingerprint density at radius 1 is 1.35 bits per heavy atom. The minimum Gasteiger partial charge on any atom is -0.385 e. The molecule has 0 aromatic carbocycles. The average Bonchev–Trinajstić information content (AvgIpc) is 2.43. The minimum atomic E-state index is 0. The summed E-state index contributed by atoms with van der Waals surface area (Å²) in [6.07, 6.45) is 5.67. The lowest BCUT2D eigenvalue weighted by atomic mass is 10.1. The maximum atomic E-state index is 5.00. The van der Waals surface area contributed by atoms with Gasteiger partial charge in [-0.3, -0.25) is 9.98 Å². The van der Waals surface area contributed by atoms with Gasteiger partial charge in [-0.1, -0.05) is 0 Å². The first-order valence-electron chi connectivity index (χ1n) is 6.61. The van der Waals surface area contributed by atoms with E-state index in [4.69, 9.17) is 4.74 Å². The fraction of sp³-hybridized carbons (Fsp3) is 0.571. The molecule has 20 heavy (non-hydrogen) atoms. The molecule has 1 aromatic heterocycles. The highest BCUT2D eigenvalue weighted by Gasteiger charge is 1.99. The predicted octanol–water partition coefficient (Wildman–Crippen LogP) is 1.75. The highest BCUT2D eigenvalue weighted by Crippen LogP contribution is 2.04. The number of aryl methyl sites for hydroxylation is 1. The van der Waals surface area contributed by atoms with Crippen LogP contribution >= 0.6 is 24.0 Å². The van der Waals surface area contributed by atoms with Crippen LogP contribution in [0, 0.1) is 6.92 Å². The second kappa shape index (κ2) is 11.9. The zero-order valence-electron chi connectivity index (χ0n) is 12.5. The number of aromatic nitrogens is 1. The number of rotatable bonds is 7. The minimum absolute atomic E-state index is 0. The van der Waals surface area contributed by atoms with Crippen LogP contribution in [0.2, 0.25) is 0 Å². The Morgan fingerprint density at radius 2 is 2.10 bits per heavy atom. The van der Waals surface area contributed by atoms with Gasteiger partial charge in [0.1, 0.15) is 0 Å². The van der Waals surface area contributed by atoms with Crippen LogP contribution in [0.15, 0.2) is 23.5 Å². The molecule has 5 nitrogen and oxygen atoms in total. The summed E-state index contributed by atoms with van der Waals surface area (Å²) in [7, 11) is 3.49. The molecule has 0 saturated heterocycles. The van der Waals surface area contributed by atoms with Crippen molar-refractivity contribution in [3.63, 3.8) is 0 Å². The molecule has 0 atom stereocenters. The first-order valence-corrected chi connectivity index (χ1v) is 6.61. The van der Waals surface area contributed by atoms with Crippen molar-refractivity contribution in [1.82, 2.24) is 15.6 Å². The van der Waals surface area contributed by atoms with E-state index in [0.717, 1.165) is 38.5 Å². The second-order valence-corrected chi connectivity index (χ2v) is 4.32. The summed E-state index contributed by atoms with van der Waals surface area (Å²) < 4.78 is 5.00. The highest BCUT2D eigenvalue weighted by atomic mass is 127. The Hall–Kier alpha value is -0.890. The molecule has 0 fully saturated rings. The van der Waals surface area contributed by atoms with Gasteiger partial charge in [0.25, 0.3) is 0 Å². The van der Waals surface area contributed by atoms with Crippen LogP contribution in [-0.2, 0) is 11.2 Å². The Morgan fingerprint density at radius 3 is 2.75 bits per heavy atom. The molecular weight excluding hydrogens is 367 g/mol. The maximum Gasteiger partial charge on any atom is 0.190 e. The monoisotopic (exact) mass is 392 g/mol. The summed E-state index contributed by atoms with van der Waals surface area (Å²) in [6.45, 7) is 4.57. The standard InChI is InChI=1S/C14H24N4O.HI/c1-12-11-16-8-5-13(12)6-9-18-14(15-2)17-7-4-10-19-3;/h5,8,11H,4,6-7,9-10H2,1-3H3,(H2,15,17,18);1H. The number of halogens is 1. The molecule has 1 aromatic rings. The lowest BCUT2D eigenvalue weighted by molar-refractivity contribution is 0.195. The molecule has 1 heterocycles. The Balaban J connectivity index is 0.00000361. The Bertz CT molecular complexity index is 399. The van der Waals surface area contributed by atoms with Crippen LogP contribution in [0.1, 0.15) is 17.5 Å². The van der Waals surface area contributed by atoms with Gasteiger partial charge < -0.3 is 15.4 Å². The van der Waals surface area contributed by atoms with E-state index in [1.54, 1.807) is 14.2 Å². The van der Waals surface area contributed by atoms with Crippen molar-refractivity contribution >= 4 is 29.9 Å². The lowest BCUT2D eigenvalue weighted by Gasteiger charge is -2.12. The molecule has 6 heteroatoms. The predicted molar refractivity (Wildman–Crippen MR) is 94.0 cm³/mol. The van der Waals surface area contributed by atoms with Gasteiger partial charge in [0, 0.05) is 46.2 Å². The smallest absolute Gasteiger partial charge is 0.190 e. The first-order chi connectivity index (χ1) is 9.27. The molecule has 0 radical (unpaired) electrons. The average molecular weight is 392 g/mol. The third-order valence-electron chi connectivity index (χ3n) is 2.86. The summed E-state index contributed by atoms with van der Waals surface area (Å²) in [5.74, 6) is 0.836. The zero-order chi connectivity index (χ0) is 13.9. The van der Waals surface area contributed by atoms with Crippen LogP contribution in [0.4, 0.5) is 0 Å². The number of pyridine rings is 1. The van der Waals surface area contributed by atoms with E-state index >= 15 is 0 Å². The van der Waals surface area contributed by atoms with Crippen molar-refractivity contribution in [3.8, 4) is 0 Å². The number of nitrogens with zero attached hydrogens (tertiary/aromatic N) is 2. The molecule has 2 N–H and O–H groups in total. The van der Waals surface area contributed by atoms with E-state index in [2.05, 4.69) is 33.6 Å². The third-order valence-corrected chi connectivity index (χ3v) is 2.86. The topological polar surface area (TPSA) is 58.5 Å². The summed E-state index contributed by atoms with van der Waals surface area (Å²) in [5, 5.41) is 6.55. The molecule has 1 rings (SSSR count). The molecule has 0 unspecified atom stereocenters. The summed E-state index contributed by atoms with van der Waals surface area (Å²) in [6, 6.07) is 2.06. The molecule has 0 spiro atoms. The number of nitrogens with one attached hydrogen (secondary N) is 2. The van der Waals surface area contributed by atoms with E-state index in [1.165, 1.54) is 11.1 Å². The number of methoxy groups -OCH3 is 1. The Kier molecular flexibility index (Phi) is 11.4. The molecule has 0 aliphatic rings. The van der Waals surface area contributed by atoms with Crippen molar-refractivity contribution in [1.29, 1.82) is 0 Å². The number of guanidine groups is 1. The van der Waals surface area contributed by atoms with Crippen LogP contribution in [0.3, 0.4) is 0 Å². The number of hydrogen-bond donors (Lipinski definition) is 2. The van der Waals surface area contributed by atoms with Crippen LogP contribution in [0.5, 0.6) is 0 Å². The second-order valence-electron chi connectivity index (χ2n) is 4.32. The molecular formula is C14H25IN4O. The van der Waals surface area contributed by atoms with Crippen molar-refractivity contribution in [2.24, 2.45) is 4.99 Å². The SMILES string of the molecule is CN=C(NCCCOC)NCCc1ccncc1C.I. The van der Waals surface area contributed by atoms with Crippen LogP contribution in [0.25, 0.3) is 0 Å². The van der Waals surface area contributed by atoms with Gasteiger partial charge in [0.05, 0.1) is 0 Å². The first kappa shape index (κ1) is 19.1. The largest absolute Gasteiger partial charge is 0.385 e. The highest BCUT2D eigenvalue weighted by molar-refractivity contribution is 14.0. The van der Waals surface area contributed by atoms with E-state index < -0.39 is 0 Å². The van der Waals surface area contributed by atoms with Crippen molar-refractivity contribution in [3.05, 3.63) is 29.6 Å². The van der Waals surface area contributed by atoms with Crippen molar-refractivity contribution < 1.29 is 4.74 Å². The summed E-state index contributed by atoms with van der Waals surface area (Å²) in [5.41, 5.74) is 2.55. The molecule has 0 saturated carbocycles. The van der Waals surface area contributed by atoms with Gasteiger partial charge in [-0.15, -0.1) is 24.0 Å². The maximum absolute atomic E-state index is 5.00. The van der Waals surface area contributed by atoms with Gasteiger partial charge in [0.2, 0.25) is 0 Å². The molecule has 0 aliphatic heterocycles. The van der Waals surface area contributed by atoms with Gasteiger partial charge in [-0.05, 0) is 37.0 Å². The fourth-order valence-corrected chi connectivity index (χ4v) is 1.74. The third kappa shape index (κ3) is 7.64. The number of hydrogen-bond acceptors (Lipinski definition) is 3. The van der Waals surface area contributed by atoms with E-state index in [-0.39, 0.29) is 24.0 Å². The van der Waals surface area contributed by atoms with Gasteiger partial charge in [-0.25, -0.2) is 0 Å². The number of ether oxygens (including phenoxy) is 1. The van der Waals surface area contributed by atoms with Crippen molar-refractivity contribution in [2.75, 3.05) is 33.9 Å². The fourth-order valence-electron chi connectivity index (χ4n) is 1.74. The van der Waals surface area contributed by atoms with E-state index in [0.29, 0.717) is 0 Å². The summed E-state index contributed by atoms with van der Waals surface area (Å²) in [4.78, 5) is 8.27. The number of aliphatic imine (C=N–C) groups is 1. The normalized spacial score (nSPS) is 10.8. The van der Waals surface area contributed by atoms with Gasteiger partial charge in [-0.2, -0.15) is 0 Å². The van der Waals surface area contributed by atoms with Crippen molar-refractivity contribution in [2.45, 2.75) is 19.8 Å². The van der Waals surface area contributed by atoms with Gasteiger partial charge >= 0.3 is 0 Å².